The lowest BCUT2D eigenvalue weighted by Crippen LogP contribution is -2.52. The van der Waals surface area contributed by atoms with Crippen LogP contribution in [0.15, 0.2) is 36.4 Å². The van der Waals surface area contributed by atoms with Crippen molar-refractivity contribution in [3.8, 4) is 5.75 Å². The van der Waals surface area contributed by atoms with Crippen molar-refractivity contribution in [3.05, 3.63) is 58.9 Å². The van der Waals surface area contributed by atoms with Crippen molar-refractivity contribution in [2.75, 3.05) is 32.1 Å². The van der Waals surface area contributed by atoms with Gasteiger partial charge in [0.1, 0.15) is 24.7 Å². The third-order valence-electron chi connectivity index (χ3n) is 7.75. The summed E-state index contributed by atoms with van der Waals surface area (Å²) in [5.74, 6) is -0.675. The number of fused-ring (bicyclic) bond motifs is 3. The maximum atomic E-state index is 14.0. The molecule has 11 nitrogen and oxygen atoms in total. The molecular weight excluding hydrogens is 509 g/mol. The number of carbonyl (C=O) groups excluding carboxylic acids is 4. The van der Waals surface area contributed by atoms with Gasteiger partial charge < -0.3 is 30.3 Å². The molecule has 2 aromatic rings. The van der Waals surface area contributed by atoms with Gasteiger partial charge in [-0.3, -0.25) is 14.5 Å². The van der Waals surface area contributed by atoms with Gasteiger partial charge in [-0.1, -0.05) is 6.07 Å². The Bertz CT molecular complexity index is 1380. The molecule has 1 saturated carbocycles. The molecule has 1 aliphatic carbocycles. The van der Waals surface area contributed by atoms with E-state index >= 15 is 0 Å². The van der Waals surface area contributed by atoms with Crippen molar-refractivity contribution in [2.45, 2.75) is 37.6 Å². The van der Waals surface area contributed by atoms with Crippen LogP contribution in [0.25, 0.3) is 0 Å². The van der Waals surface area contributed by atoms with E-state index < -0.39 is 41.8 Å². The van der Waals surface area contributed by atoms with Crippen LogP contribution in [0.2, 0.25) is 0 Å². The van der Waals surface area contributed by atoms with Gasteiger partial charge in [-0.2, -0.15) is 0 Å². The molecule has 2 fully saturated rings. The summed E-state index contributed by atoms with van der Waals surface area (Å²) in [5.41, 5.74) is 0.742. The number of imide groups is 1. The number of ether oxygens (including phenoxy) is 2. The Morgan fingerprint density at radius 3 is 2.74 bits per heavy atom. The number of amides is 6. The number of hydrogen-bond acceptors (Lipinski definition) is 6. The number of nitrogens with one attached hydrogen (secondary N) is 3. The summed E-state index contributed by atoms with van der Waals surface area (Å²) in [6.45, 7) is 0.00919. The molecule has 0 radical (unpaired) electrons. The second kappa shape index (κ2) is 9.53. The maximum Gasteiger partial charge on any atom is 0.325 e. The van der Waals surface area contributed by atoms with E-state index in [0.717, 1.165) is 17.7 Å². The van der Waals surface area contributed by atoms with Crippen LogP contribution >= 0.6 is 0 Å². The number of hydrogen-bond donors (Lipinski definition) is 3. The SMILES string of the molecule is CNC(=O)Nc1ccc2c(c1)COCC21NC(=O)N(CC(=O)N2Cc3cc(F)ccc3OC[C@H]2C2CC2)C1=O. The first-order valence-corrected chi connectivity index (χ1v) is 12.8. The lowest BCUT2D eigenvalue weighted by Gasteiger charge is -2.34. The zero-order chi connectivity index (χ0) is 27.3. The second-order valence-electron chi connectivity index (χ2n) is 10.3. The van der Waals surface area contributed by atoms with Gasteiger partial charge in [0.05, 0.1) is 19.3 Å². The van der Waals surface area contributed by atoms with Crippen molar-refractivity contribution in [3.63, 3.8) is 0 Å². The molecule has 3 aliphatic heterocycles. The molecule has 3 heterocycles. The Kier molecular flexibility index (Phi) is 6.13. The molecule has 1 spiro atoms. The van der Waals surface area contributed by atoms with E-state index in [1.54, 1.807) is 29.2 Å². The Morgan fingerprint density at radius 2 is 1.97 bits per heavy atom. The zero-order valence-electron chi connectivity index (χ0n) is 21.3. The third kappa shape index (κ3) is 4.44. The number of benzene rings is 2. The first kappa shape index (κ1) is 25.1. The van der Waals surface area contributed by atoms with Gasteiger partial charge in [-0.05, 0) is 60.2 Å². The molecule has 12 heteroatoms. The Morgan fingerprint density at radius 1 is 1.15 bits per heavy atom. The lowest BCUT2D eigenvalue weighted by molar-refractivity contribution is -0.143. The van der Waals surface area contributed by atoms with Crippen LogP contribution in [0.3, 0.4) is 0 Å². The summed E-state index contributed by atoms with van der Waals surface area (Å²) < 4.78 is 25.6. The van der Waals surface area contributed by atoms with Crippen LogP contribution in [0, 0.1) is 11.7 Å². The molecule has 0 bridgehead atoms. The summed E-state index contributed by atoms with van der Waals surface area (Å²) in [6.07, 6.45) is 1.89. The highest BCUT2D eigenvalue weighted by Gasteiger charge is 2.55. The minimum absolute atomic E-state index is 0.0909. The van der Waals surface area contributed by atoms with Crippen LogP contribution in [0.1, 0.15) is 29.5 Å². The summed E-state index contributed by atoms with van der Waals surface area (Å²) in [5, 5.41) is 7.90. The minimum Gasteiger partial charge on any atom is -0.491 e. The summed E-state index contributed by atoms with van der Waals surface area (Å²) in [4.78, 5) is 54.8. The molecule has 0 aromatic heterocycles. The Hall–Kier alpha value is -4.19. The molecular formula is C27H28FN5O6. The van der Waals surface area contributed by atoms with Crippen LogP contribution < -0.4 is 20.7 Å². The molecule has 4 aliphatic rings. The molecule has 1 saturated heterocycles. The Labute approximate surface area is 223 Å². The van der Waals surface area contributed by atoms with Gasteiger partial charge in [0, 0.05) is 24.8 Å². The molecule has 2 atom stereocenters. The molecule has 2 aromatic carbocycles. The zero-order valence-corrected chi connectivity index (χ0v) is 21.3. The highest BCUT2D eigenvalue weighted by Crippen LogP contribution is 2.40. The predicted molar refractivity (Wildman–Crippen MR) is 135 cm³/mol. The van der Waals surface area contributed by atoms with Crippen LogP contribution in [0.5, 0.6) is 5.75 Å². The van der Waals surface area contributed by atoms with E-state index in [2.05, 4.69) is 16.0 Å². The largest absolute Gasteiger partial charge is 0.491 e. The van der Waals surface area contributed by atoms with Gasteiger partial charge >= 0.3 is 12.1 Å². The molecule has 3 N–H and O–H groups in total. The van der Waals surface area contributed by atoms with E-state index in [1.165, 1.54) is 19.2 Å². The topological polar surface area (TPSA) is 129 Å². The van der Waals surface area contributed by atoms with Gasteiger partial charge in [0.15, 0.2) is 5.54 Å². The summed E-state index contributed by atoms with van der Waals surface area (Å²) >= 11 is 0. The molecule has 204 valence electrons. The predicted octanol–water partition coefficient (Wildman–Crippen LogP) is 2.05. The number of halogens is 1. The lowest BCUT2D eigenvalue weighted by atomic mass is 9.85. The highest BCUT2D eigenvalue weighted by atomic mass is 19.1. The monoisotopic (exact) mass is 537 g/mol. The quantitative estimate of drug-likeness (QED) is 0.512. The fraction of sp³-hybridized carbons (Fsp3) is 0.407. The fourth-order valence-corrected chi connectivity index (χ4v) is 5.59. The van der Waals surface area contributed by atoms with Crippen molar-refractivity contribution >= 4 is 29.6 Å². The average molecular weight is 538 g/mol. The molecule has 1 unspecified atom stereocenters. The fourth-order valence-electron chi connectivity index (χ4n) is 5.59. The van der Waals surface area contributed by atoms with E-state index in [1.807, 2.05) is 0 Å². The van der Waals surface area contributed by atoms with E-state index in [4.69, 9.17) is 9.47 Å². The van der Waals surface area contributed by atoms with Crippen LogP contribution in [0.4, 0.5) is 19.7 Å². The number of carbonyl (C=O) groups is 4. The second-order valence-corrected chi connectivity index (χ2v) is 10.3. The van der Waals surface area contributed by atoms with E-state index in [0.29, 0.717) is 28.1 Å². The third-order valence-corrected chi connectivity index (χ3v) is 7.75. The summed E-state index contributed by atoms with van der Waals surface area (Å²) in [7, 11) is 1.50. The van der Waals surface area contributed by atoms with Crippen molar-refractivity contribution in [1.29, 1.82) is 0 Å². The molecule has 6 amide bonds. The van der Waals surface area contributed by atoms with Gasteiger partial charge in [0.2, 0.25) is 5.91 Å². The smallest absolute Gasteiger partial charge is 0.325 e. The Balaban J connectivity index is 1.25. The number of anilines is 1. The maximum absolute atomic E-state index is 14.0. The standard InChI is InChI=1S/C27H28FN5O6/c1-29-25(36)30-19-5-6-20-17(9-19)12-38-14-27(20)24(35)33(26(37)31-27)11-23(34)32-10-16-8-18(28)4-7-22(16)39-13-21(32)15-2-3-15/h4-9,15,21H,2-3,10-14H2,1H3,(H,31,37)(H2,29,30,36)/t21-,27?/m0/s1. The molecule has 39 heavy (non-hydrogen) atoms. The van der Waals surface area contributed by atoms with Crippen LogP contribution in [-0.4, -0.2) is 66.5 Å². The van der Waals surface area contributed by atoms with Gasteiger partial charge in [-0.25, -0.2) is 14.0 Å². The summed E-state index contributed by atoms with van der Waals surface area (Å²) in [6, 6.07) is 7.88. The number of urea groups is 2. The van der Waals surface area contributed by atoms with Crippen molar-refractivity contribution < 1.29 is 33.0 Å². The van der Waals surface area contributed by atoms with Gasteiger partial charge in [-0.15, -0.1) is 0 Å². The minimum atomic E-state index is -1.48. The average Bonchev–Trinajstić information content (AvgIpc) is 3.74. The van der Waals surface area contributed by atoms with Gasteiger partial charge in [0.25, 0.3) is 5.91 Å². The van der Waals surface area contributed by atoms with Crippen molar-refractivity contribution in [1.82, 2.24) is 20.4 Å². The van der Waals surface area contributed by atoms with E-state index in [9.17, 15) is 23.6 Å². The number of rotatable bonds is 4. The number of nitrogens with zero attached hydrogens (tertiary/aromatic N) is 2. The highest BCUT2D eigenvalue weighted by molar-refractivity contribution is 6.10. The van der Waals surface area contributed by atoms with Crippen LogP contribution in [-0.2, 0) is 33.0 Å². The first-order chi connectivity index (χ1) is 18.8. The first-order valence-electron chi connectivity index (χ1n) is 12.8. The van der Waals surface area contributed by atoms with E-state index in [-0.39, 0.29) is 38.3 Å². The normalized spacial score (nSPS) is 23.9. The van der Waals surface area contributed by atoms with Crippen molar-refractivity contribution in [2.24, 2.45) is 5.92 Å². The molecule has 6 rings (SSSR count).